The van der Waals surface area contributed by atoms with Gasteiger partial charge in [0.25, 0.3) is 0 Å². The van der Waals surface area contributed by atoms with E-state index in [9.17, 15) is 0 Å². The van der Waals surface area contributed by atoms with Crippen molar-refractivity contribution in [1.29, 1.82) is 0 Å². The highest BCUT2D eigenvalue weighted by Crippen LogP contribution is 2.06. The molecular formula is C8H19ClSi. The molecule has 0 N–H and O–H groups in total. The molecule has 0 aliphatic rings. The third kappa shape index (κ3) is 8.51. The molecule has 0 saturated carbocycles. The van der Waals surface area contributed by atoms with Crippen molar-refractivity contribution in [2.75, 3.05) is 0 Å². The van der Waals surface area contributed by atoms with Gasteiger partial charge in [-0.2, -0.15) is 11.1 Å². The van der Waals surface area contributed by atoms with E-state index in [1.807, 2.05) is 0 Å². The fourth-order valence-corrected chi connectivity index (χ4v) is 2.16. The first-order chi connectivity index (χ1) is 4.91. The minimum Gasteiger partial charge on any atom is -0.176 e. The first-order valence-corrected chi connectivity index (χ1v) is 7.61. The highest BCUT2D eigenvalue weighted by molar-refractivity contribution is 6.93. The Morgan fingerprint density at radius 1 is 1.00 bits per heavy atom. The zero-order valence-electron chi connectivity index (χ0n) is 7.03. The minimum absolute atomic E-state index is 0.153. The average molecular weight is 179 g/mol. The van der Waals surface area contributed by atoms with E-state index in [0.717, 1.165) is 0 Å². The predicted molar refractivity (Wildman–Crippen MR) is 52.6 cm³/mol. The summed E-state index contributed by atoms with van der Waals surface area (Å²) >= 11 is 5.68. The monoisotopic (exact) mass is 178 g/mol. The molecule has 0 nitrogen and oxygen atoms in total. The van der Waals surface area contributed by atoms with Crippen molar-refractivity contribution in [3.63, 3.8) is 0 Å². The number of halogens is 1. The second-order valence-corrected chi connectivity index (χ2v) is 5.03. The third-order valence-electron chi connectivity index (χ3n) is 1.74. The van der Waals surface area contributed by atoms with Gasteiger partial charge in [-0.25, -0.2) is 0 Å². The molecule has 0 saturated heterocycles. The van der Waals surface area contributed by atoms with Crippen LogP contribution in [-0.2, 0) is 0 Å². The lowest BCUT2D eigenvalue weighted by molar-refractivity contribution is 0.624. The second kappa shape index (κ2) is 9.51. The van der Waals surface area contributed by atoms with Crippen LogP contribution in [0.4, 0.5) is 0 Å². The van der Waals surface area contributed by atoms with Crippen LogP contribution >= 0.6 is 11.1 Å². The van der Waals surface area contributed by atoms with Gasteiger partial charge in [-0.3, -0.25) is 0 Å². The van der Waals surface area contributed by atoms with Gasteiger partial charge in [0.15, 0.2) is 0 Å². The molecule has 0 spiro atoms. The number of hydrogen-bond donors (Lipinski definition) is 0. The molecule has 0 aromatic rings. The molecule has 0 radical (unpaired) electrons. The summed E-state index contributed by atoms with van der Waals surface area (Å²) in [5.74, 6) is 0. The molecule has 0 aliphatic heterocycles. The smallest absolute Gasteiger partial charge is 0.125 e. The second-order valence-electron chi connectivity index (χ2n) is 2.81. The van der Waals surface area contributed by atoms with Crippen LogP contribution in [0.15, 0.2) is 0 Å². The van der Waals surface area contributed by atoms with Crippen LogP contribution in [0.1, 0.15) is 45.4 Å². The van der Waals surface area contributed by atoms with Gasteiger partial charge in [-0.05, 0) is 6.04 Å². The van der Waals surface area contributed by atoms with Crippen LogP contribution in [-0.4, -0.2) is 8.83 Å². The average Bonchev–Trinajstić information content (AvgIpc) is 1.97. The summed E-state index contributed by atoms with van der Waals surface area (Å²) < 4.78 is 0. The van der Waals surface area contributed by atoms with E-state index in [-0.39, 0.29) is 8.83 Å². The normalized spacial score (nSPS) is 11.4. The van der Waals surface area contributed by atoms with E-state index in [2.05, 4.69) is 6.92 Å². The topological polar surface area (TPSA) is 0 Å². The van der Waals surface area contributed by atoms with Crippen molar-refractivity contribution in [1.82, 2.24) is 0 Å². The molecule has 62 valence electrons. The molecule has 0 amide bonds. The Hall–Kier alpha value is 0.507. The van der Waals surface area contributed by atoms with E-state index in [1.54, 1.807) is 0 Å². The molecule has 2 heteroatoms. The van der Waals surface area contributed by atoms with Gasteiger partial charge in [-0.1, -0.05) is 45.4 Å². The first kappa shape index (κ1) is 10.5. The molecule has 0 atom stereocenters. The number of unbranched alkanes of at least 4 members (excludes halogenated alkanes) is 5. The van der Waals surface area contributed by atoms with Crippen molar-refractivity contribution in [2.24, 2.45) is 0 Å². The summed E-state index contributed by atoms with van der Waals surface area (Å²) in [7, 11) is -0.153. The van der Waals surface area contributed by atoms with E-state index >= 15 is 0 Å². The molecule has 0 aromatic heterocycles. The lowest BCUT2D eigenvalue weighted by atomic mass is 10.1. The van der Waals surface area contributed by atoms with Crippen molar-refractivity contribution in [3.05, 3.63) is 0 Å². The Labute approximate surface area is 71.9 Å². The first-order valence-electron chi connectivity index (χ1n) is 4.47. The quantitative estimate of drug-likeness (QED) is 0.320. The molecule has 10 heavy (non-hydrogen) atoms. The largest absolute Gasteiger partial charge is 0.176 e. The maximum atomic E-state index is 5.68. The zero-order chi connectivity index (χ0) is 7.66. The van der Waals surface area contributed by atoms with Crippen LogP contribution < -0.4 is 0 Å². The standard InChI is InChI=1S/C8H19ClSi/c1-2-3-4-5-6-7-8-10-9/h2-8,10H2,1H3. The fraction of sp³-hybridized carbons (Fsp3) is 1.00. The van der Waals surface area contributed by atoms with Gasteiger partial charge in [0.1, 0.15) is 8.83 Å². The Morgan fingerprint density at radius 3 is 2.20 bits per heavy atom. The molecule has 0 fully saturated rings. The van der Waals surface area contributed by atoms with Crippen molar-refractivity contribution in [3.8, 4) is 0 Å². The molecule has 0 unspecified atom stereocenters. The predicted octanol–water partition coefficient (Wildman–Crippen LogP) is 3.09. The Balaban J connectivity index is 2.65. The summed E-state index contributed by atoms with van der Waals surface area (Å²) in [5.41, 5.74) is 0. The maximum absolute atomic E-state index is 5.68. The van der Waals surface area contributed by atoms with Gasteiger partial charge in [0.05, 0.1) is 0 Å². The van der Waals surface area contributed by atoms with Crippen LogP contribution in [0.25, 0.3) is 0 Å². The number of rotatable bonds is 7. The SMILES string of the molecule is CCCCCCCC[SiH2]Cl. The van der Waals surface area contributed by atoms with Gasteiger partial charge in [0.2, 0.25) is 0 Å². The highest BCUT2D eigenvalue weighted by atomic mass is 35.6. The van der Waals surface area contributed by atoms with E-state index < -0.39 is 0 Å². The highest BCUT2D eigenvalue weighted by Gasteiger charge is 1.88. The zero-order valence-corrected chi connectivity index (χ0v) is 9.20. The summed E-state index contributed by atoms with van der Waals surface area (Å²) in [6, 6.07) is 1.34. The van der Waals surface area contributed by atoms with Crippen molar-refractivity contribution >= 4 is 19.9 Å². The summed E-state index contributed by atoms with van der Waals surface area (Å²) in [6.45, 7) is 2.26. The van der Waals surface area contributed by atoms with Crippen molar-refractivity contribution in [2.45, 2.75) is 51.5 Å². The van der Waals surface area contributed by atoms with Crippen LogP contribution in [0.3, 0.4) is 0 Å². The fourth-order valence-electron chi connectivity index (χ4n) is 1.05. The van der Waals surface area contributed by atoms with E-state index in [4.69, 9.17) is 11.1 Å². The molecule has 0 heterocycles. The van der Waals surface area contributed by atoms with Gasteiger partial charge >= 0.3 is 0 Å². The summed E-state index contributed by atoms with van der Waals surface area (Å²) in [6.07, 6.45) is 8.43. The molecule has 0 aliphatic carbocycles. The lowest BCUT2D eigenvalue weighted by Crippen LogP contribution is -1.80. The minimum atomic E-state index is -0.153. The molecule has 0 bridgehead atoms. The van der Waals surface area contributed by atoms with Crippen LogP contribution in [0.2, 0.25) is 6.04 Å². The number of hydrogen-bond acceptors (Lipinski definition) is 0. The summed E-state index contributed by atoms with van der Waals surface area (Å²) in [5, 5.41) is 0. The molecule has 0 aromatic carbocycles. The summed E-state index contributed by atoms with van der Waals surface area (Å²) in [4.78, 5) is 0. The van der Waals surface area contributed by atoms with Crippen LogP contribution in [0, 0.1) is 0 Å². The van der Waals surface area contributed by atoms with E-state index in [0.29, 0.717) is 0 Å². The Bertz CT molecular complexity index is 49.2. The molecule has 0 rings (SSSR count). The van der Waals surface area contributed by atoms with Crippen molar-refractivity contribution < 1.29 is 0 Å². The van der Waals surface area contributed by atoms with E-state index in [1.165, 1.54) is 44.6 Å². The Morgan fingerprint density at radius 2 is 1.60 bits per heavy atom. The van der Waals surface area contributed by atoms with Crippen LogP contribution in [0.5, 0.6) is 0 Å². The third-order valence-corrected chi connectivity index (χ3v) is 3.31. The maximum Gasteiger partial charge on any atom is 0.125 e. The lowest BCUT2D eigenvalue weighted by Gasteiger charge is -1.97. The van der Waals surface area contributed by atoms with Gasteiger partial charge in [-0.15, -0.1) is 0 Å². The van der Waals surface area contributed by atoms with Gasteiger partial charge in [0, 0.05) is 0 Å². The molecular weight excluding hydrogens is 160 g/mol. The Kier molecular flexibility index (Phi) is 9.99. The van der Waals surface area contributed by atoms with Gasteiger partial charge < -0.3 is 0 Å².